The second-order valence-electron chi connectivity index (χ2n) is 7.05. The van der Waals surface area contributed by atoms with Gasteiger partial charge in [0, 0.05) is 16.6 Å². The molecular weight excluding hydrogens is 438 g/mol. The number of benzene rings is 2. The molecule has 29 heavy (non-hydrogen) atoms. The molecule has 1 heterocycles. The highest BCUT2D eigenvalue weighted by Crippen LogP contribution is 2.46. The summed E-state index contributed by atoms with van der Waals surface area (Å²) in [6.07, 6.45) is 1.52. The Morgan fingerprint density at radius 2 is 1.90 bits per heavy atom. The monoisotopic (exact) mass is 463 g/mol. The van der Waals surface area contributed by atoms with Gasteiger partial charge in [-0.15, -0.1) is 0 Å². The molecule has 2 aromatic carbocycles. The average molecular weight is 464 g/mol. The van der Waals surface area contributed by atoms with Gasteiger partial charge < -0.3 is 19.3 Å². The normalized spacial score (nSPS) is 18.1. The van der Waals surface area contributed by atoms with Crippen LogP contribution in [0.3, 0.4) is 0 Å². The van der Waals surface area contributed by atoms with Crippen LogP contribution in [0.1, 0.15) is 30.0 Å². The fourth-order valence-electron chi connectivity index (χ4n) is 4.05. The highest BCUT2D eigenvalue weighted by molar-refractivity contribution is 9.10. The van der Waals surface area contributed by atoms with E-state index in [2.05, 4.69) is 33.0 Å². The van der Waals surface area contributed by atoms with Crippen LogP contribution >= 0.6 is 15.9 Å². The van der Waals surface area contributed by atoms with Crippen LogP contribution in [0.15, 0.2) is 40.9 Å². The number of halogens is 1. The summed E-state index contributed by atoms with van der Waals surface area (Å²) in [6, 6.07) is 11.7. The van der Waals surface area contributed by atoms with Crippen LogP contribution in [-0.4, -0.2) is 50.4 Å². The number of hydrogen-bond donors (Lipinski definition) is 1. The van der Waals surface area contributed by atoms with Crippen molar-refractivity contribution >= 4 is 21.9 Å². The lowest BCUT2D eigenvalue weighted by atomic mass is 9.90. The summed E-state index contributed by atoms with van der Waals surface area (Å²) >= 11 is 3.56. The number of aliphatic carboxylic acids is 1. The minimum absolute atomic E-state index is 0.176. The molecule has 2 atom stereocenters. The van der Waals surface area contributed by atoms with Crippen LogP contribution in [0.25, 0.3) is 0 Å². The average Bonchev–Trinajstić information content (AvgIpc) is 2.73. The second kappa shape index (κ2) is 9.50. The van der Waals surface area contributed by atoms with Gasteiger partial charge in [0.1, 0.15) is 0 Å². The predicted octanol–water partition coefficient (Wildman–Crippen LogP) is 4.36. The number of carbonyl (C=O) groups is 1. The molecule has 1 saturated heterocycles. The maximum Gasteiger partial charge on any atom is 0.307 e. The first-order valence-electron chi connectivity index (χ1n) is 9.51. The van der Waals surface area contributed by atoms with Gasteiger partial charge in [0.2, 0.25) is 5.75 Å². The van der Waals surface area contributed by atoms with Gasteiger partial charge in [-0.05, 0) is 49.2 Å². The summed E-state index contributed by atoms with van der Waals surface area (Å²) in [5, 5.41) is 9.58. The van der Waals surface area contributed by atoms with Crippen LogP contribution in [-0.2, 0) is 4.79 Å². The molecule has 1 fully saturated rings. The molecule has 0 aromatic heterocycles. The number of hydrogen-bond acceptors (Lipinski definition) is 5. The lowest BCUT2D eigenvalue weighted by Crippen LogP contribution is -2.41. The zero-order chi connectivity index (χ0) is 21.0. The third kappa shape index (κ3) is 4.51. The van der Waals surface area contributed by atoms with Crippen molar-refractivity contribution in [3.8, 4) is 17.2 Å². The molecule has 7 heteroatoms. The Labute approximate surface area is 179 Å². The van der Waals surface area contributed by atoms with E-state index in [0.717, 1.165) is 28.6 Å². The molecule has 0 amide bonds. The molecule has 3 rings (SSSR count). The van der Waals surface area contributed by atoms with Gasteiger partial charge in [0.25, 0.3) is 0 Å². The van der Waals surface area contributed by atoms with Crippen LogP contribution in [0.2, 0.25) is 0 Å². The lowest BCUT2D eigenvalue weighted by molar-refractivity contribution is -0.143. The predicted molar refractivity (Wildman–Crippen MR) is 114 cm³/mol. The molecule has 0 aliphatic carbocycles. The van der Waals surface area contributed by atoms with Gasteiger partial charge in [-0.25, -0.2) is 0 Å². The molecule has 0 bridgehead atoms. The molecule has 0 saturated carbocycles. The first-order valence-corrected chi connectivity index (χ1v) is 10.3. The largest absolute Gasteiger partial charge is 0.493 e. The minimum atomic E-state index is -0.748. The second-order valence-corrected chi connectivity index (χ2v) is 7.97. The van der Waals surface area contributed by atoms with Crippen LogP contribution in [0, 0.1) is 5.92 Å². The van der Waals surface area contributed by atoms with E-state index in [-0.39, 0.29) is 12.0 Å². The lowest BCUT2D eigenvalue weighted by Gasteiger charge is -2.38. The highest BCUT2D eigenvalue weighted by Gasteiger charge is 2.34. The first kappa shape index (κ1) is 21.5. The van der Waals surface area contributed by atoms with Crippen molar-refractivity contribution < 1.29 is 24.1 Å². The number of methoxy groups -OCH3 is 3. The summed E-state index contributed by atoms with van der Waals surface area (Å²) in [5.41, 5.74) is 1.96. The van der Waals surface area contributed by atoms with Gasteiger partial charge in [-0.3, -0.25) is 9.69 Å². The summed E-state index contributed by atoms with van der Waals surface area (Å²) in [7, 11) is 4.78. The number of ether oxygens (including phenoxy) is 3. The van der Waals surface area contributed by atoms with Crippen molar-refractivity contribution in [3.63, 3.8) is 0 Å². The van der Waals surface area contributed by atoms with E-state index < -0.39 is 5.97 Å². The van der Waals surface area contributed by atoms with E-state index in [1.165, 1.54) is 0 Å². The molecule has 0 radical (unpaired) electrons. The number of rotatable bonds is 7. The van der Waals surface area contributed by atoms with Crippen LogP contribution < -0.4 is 14.2 Å². The summed E-state index contributed by atoms with van der Waals surface area (Å²) < 4.78 is 17.7. The molecule has 1 N–H and O–H groups in total. The smallest absolute Gasteiger partial charge is 0.307 e. The quantitative estimate of drug-likeness (QED) is 0.657. The Kier molecular flexibility index (Phi) is 7.03. The van der Waals surface area contributed by atoms with Gasteiger partial charge >= 0.3 is 5.97 Å². The SMILES string of the molecule is COc1ccc(C(c2cccc(Br)c2)N2CCCC(C(=O)O)C2)c(OC)c1OC. The van der Waals surface area contributed by atoms with E-state index in [0.29, 0.717) is 30.2 Å². The molecule has 156 valence electrons. The first-order chi connectivity index (χ1) is 14.0. The molecule has 2 aromatic rings. The van der Waals surface area contributed by atoms with E-state index in [4.69, 9.17) is 14.2 Å². The summed E-state index contributed by atoms with van der Waals surface area (Å²) in [4.78, 5) is 13.9. The van der Waals surface area contributed by atoms with E-state index in [9.17, 15) is 9.90 Å². The van der Waals surface area contributed by atoms with Gasteiger partial charge in [-0.1, -0.05) is 28.1 Å². The third-order valence-corrected chi connectivity index (χ3v) is 5.85. The number of nitrogens with zero attached hydrogens (tertiary/aromatic N) is 1. The zero-order valence-corrected chi connectivity index (χ0v) is 18.4. The van der Waals surface area contributed by atoms with Crippen molar-refractivity contribution in [3.05, 3.63) is 52.0 Å². The fraction of sp³-hybridized carbons (Fsp3) is 0.409. The van der Waals surface area contributed by atoms with E-state index in [1.807, 2.05) is 24.3 Å². The fourth-order valence-corrected chi connectivity index (χ4v) is 4.46. The maximum absolute atomic E-state index is 11.7. The summed E-state index contributed by atoms with van der Waals surface area (Å²) in [6.45, 7) is 1.28. The van der Waals surface area contributed by atoms with Gasteiger partial charge in [0.05, 0.1) is 33.3 Å². The van der Waals surface area contributed by atoms with Gasteiger partial charge in [0.15, 0.2) is 11.5 Å². The Morgan fingerprint density at radius 3 is 2.52 bits per heavy atom. The number of likely N-dealkylation sites (tertiary alicyclic amines) is 1. The van der Waals surface area contributed by atoms with E-state index in [1.54, 1.807) is 21.3 Å². The Bertz CT molecular complexity index is 872. The molecule has 0 spiro atoms. The van der Waals surface area contributed by atoms with Crippen molar-refractivity contribution in [1.29, 1.82) is 0 Å². The number of piperidine rings is 1. The summed E-state index contributed by atoms with van der Waals surface area (Å²) in [5.74, 6) is 0.572. The molecule has 2 unspecified atom stereocenters. The van der Waals surface area contributed by atoms with Crippen molar-refractivity contribution in [2.75, 3.05) is 34.4 Å². The highest BCUT2D eigenvalue weighted by atomic mass is 79.9. The van der Waals surface area contributed by atoms with Crippen molar-refractivity contribution in [2.45, 2.75) is 18.9 Å². The molecular formula is C22H26BrNO5. The van der Waals surface area contributed by atoms with E-state index >= 15 is 0 Å². The Morgan fingerprint density at radius 1 is 1.14 bits per heavy atom. The molecule has 1 aliphatic heterocycles. The third-order valence-electron chi connectivity index (χ3n) is 5.36. The number of carboxylic acids is 1. The Hall–Kier alpha value is -2.25. The molecule has 1 aliphatic rings. The van der Waals surface area contributed by atoms with Crippen molar-refractivity contribution in [1.82, 2.24) is 4.90 Å². The van der Waals surface area contributed by atoms with Gasteiger partial charge in [-0.2, -0.15) is 0 Å². The van der Waals surface area contributed by atoms with Crippen LogP contribution in [0.4, 0.5) is 0 Å². The zero-order valence-electron chi connectivity index (χ0n) is 16.9. The number of carboxylic acid groups (broad SMARTS) is 1. The minimum Gasteiger partial charge on any atom is -0.493 e. The Balaban J connectivity index is 2.15. The topological polar surface area (TPSA) is 68.2 Å². The van der Waals surface area contributed by atoms with Crippen LogP contribution in [0.5, 0.6) is 17.2 Å². The standard InChI is InChI=1S/C22H26BrNO5/c1-27-18-10-9-17(20(28-2)21(18)29-3)19(14-6-4-8-16(23)12-14)24-11-5-7-15(13-24)22(25)26/h4,6,8-10,12,15,19H,5,7,11,13H2,1-3H3,(H,25,26). The van der Waals surface area contributed by atoms with Crippen molar-refractivity contribution in [2.24, 2.45) is 5.92 Å². The molecule has 6 nitrogen and oxygen atoms in total. The maximum atomic E-state index is 11.7.